The van der Waals surface area contributed by atoms with Gasteiger partial charge in [0.05, 0.1) is 5.56 Å². The number of pyridine rings is 1. The first-order chi connectivity index (χ1) is 11.0. The van der Waals surface area contributed by atoms with Crippen LogP contribution in [0.4, 0.5) is 0 Å². The fourth-order valence-corrected chi connectivity index (χ4v) is 2.88. The fourth-order valence-electron chi connectivity index (χ4n) is 2.88. The molecule has 0 saturated heterocycles. The van der Waals surface area contributed by atoms with Crippen LogP contribution in [0.25, 0.3) is 0 Å². The molecular formula is C19H22N2O2. The third-order valence-corrected chi connectivity index (χ3v) is 4.14. The standard InChI is InChI=1S/C19H22N2O2/c1-13(2)11-21-12-15(8-9-18(21)22)19(23)20-17-10-16(17)14-6-4-3-5-7-14/h3-9,12-13,16-17H,10-11H2,1-2H3,(H,20,23)/t16-,17+/m0/s1. The topological polar surface area (TPSA) is 51.1 Å². The molecule has 0 spiro atoms. The summed E-state index contributed by atoms with van der Waals surface area (Å²) in [5.74, 6) is 0.657. The van der Waals surface area contributed by atoms with E-state index in [-0.39, 0.29) is 17.5 Å². The second-order valence-electron chi connectivity index (χ2n) is 6.64. The lowest BCUT2D eigenvalue weighted by Crippen LogP contribution is -2.29. The number of carbonyl (C=O) groups excluding carboxylic acids is 1. The minimum Gasteiger partial charge on any atom is -0.349 e. The van der Waals surface area contributed by atoms with Crippen molar-refractivity contribution in [2.24, 2.45) is 5.92 Å². The van der Waals surface area contributed by atoms with E-state index in [2.05, 4.69) is 17.4 Å². The first-order valence-electron chi connectivity index (χ1n) is 8.11. The Morgan fingerprint density at radius 2 is 1.96 bits per heavy atom. The van der Waals surface area contributed by atoms with Gasteiger partial charge in [0.2, 0.25) is 0 Å². The molecule has 1 fully saturated rings. The monoisotopic (exact) mass is 310 g/mol. The Hall–Kier alpha value is -2.36. The van der Waals surface area contributed by atoms with Crippen LogP contribution in [0.15, 0.2) is 53.5 Å². The van der Waals surface area contributed by atoms with Gasteiger partial charge in [-0.2, -0.15) is 0 Å². The van der Waals surface area contributed by atoms with Crippen LogP contribution in [0, 0.1) is 5.92 Å². The highest BCUT2D eigenvalue weighted by molar-refractivity contribution is 5.94. The van der Waals surface area contributed by atoms with Crippen molar-refractivity contribution in [1.82, 2.24) is 9.88 Å². The lowest BCUT2D eigenvalue weighted by Gasteiger charge is -2.11. The maximum atomic E-state index is 12.4. The van der Waals surface area contributed by atoms with Crippen molar-refractivity contribution in [2.75, 3.05) is 0 Å². The predicted octanol–water partition coefficient (Wildman–Crippen LogP) is 2.79. The molecular weight excluding hydrogens is 288 g/mol. The van der Waals surface area contributed by atoms with Gasteiger partial charge in [0.1, 0.15) is 0 Å². The Morgan fingerprint density at radius 1 is 1.22 bits per heavy atom. The maximum Gasteiger partial charge on any atom is 0.253 e. The molecule has 0 bridgehead atoms. The van der Waals surface area contributed by atoms with E-state index in [1.807, 2.05) is 32.0 Å². The van der Waals surface area contributed by atoms with Gasteiger partial charge in [0, 0.05) is 30.8 Å². The highest BCUT2D eigenvalue weighted by atomic mass is 16.2. The fraction of sp³-hybridized carbons (Fsp3) is 0.368. The van der Waals surface area contributed by atoms with Gasteiger partial charge in [-0.3, -0.25) is 9.59 Å². The van der Waals surface area contributed by atoms with Gasteiger partial charge in [-0.15, -0.1) is 0 Å². The molecule has 4 nitrogen and oxygen atoms in total. The first kappa shape index (κ1) is 15.5. The van der Waals surface area contributed by atoms with Crippen molar-refractivity contribution in [3.8, 4) is 0 Å². The number of hydrogen-bond acceptors (Lipinski definition) is 2. The van der Waals surface area contributed by atoms with Crippen LogP contribution in [0.5, 0.6) is 0 Å². The molecule has 1 aliphatic rings. The summed E-state index contributed by atoms with van der Waals surface area (Å²) in [7, 11) is 0. The molecule has 0 unspecified atom stereocenters. The SMILES string of the molecule is CC(C)Cn1cc(C(=O)N[C@@H]2C[C@H]2c2ccccc2)ccc1=O. The molecule has 1 amide bonds. The molecule has 1 saturated carbocycles. The van der Waals surface area contributed by atoms with Gasteiger partial charge in [-0.25, -0.2) is 0 Å². The second-order valence-corrected chi connectivity index (χ2v) is 6.64. The number of aromatic nitrogens is 1. The van der Waals surface area contributed by atoms with Crippen molar-refractivity contribution in [1.29, 1.82) is 0 Å². The zero-order valence-electron chi connectivity index (χ0n) is 13.5. The molecule has 120 valence electrons. The van der Waals surface area contributed by atoms with E-state index >= 15 is 0 Å². The van der Waals surface area contributed by atoms with Crippen LogP contribution in [0.2, 0.25) is 0 Å². The summed E-state index contributed by atoms with van der Waals surface area (Å²) >= 11 is 0. The average Bonchev–Trinajstić information content (AvgIpc) is 3.29. The molecule has 1 aromatic carbocycles. The van der Waals surface area contributed by atoms with Gasteiger partial charge in [0.25, 0.3) is 11.5 Å². The van der Waals surface area contributed by atoms with E-state index in [0.29, 0.717) is 23.9 Å². The molecule has 0 radical (unpaired) electrons. The number of benzene rings is 1. The molecule has 1 N–H and O–H groups in total. The zero-order valence-corrected chi connectivity index (χ0v) is 13.5. The summed E-state index contributed by atoms with van der Waals surface area (Å²) in [6, 6.07) is 13.5. The summed E-state index contributed by atoms with van der Waals surface area (Å²) in [5.41, 5.74) is 1.75. The first-order valence-corrected chi connectivity index (χ1v) is 8.11. The minimum absolute atomic E-state index is 0.0659. The number of amides is 1. The summed E-state index contributed by atoms with van der Waals surface area (Å²) in [5, 5.41) is 3.06. The minimum atomic E-state index is -0.106. The van der Waals surface area contributed by atoms with E-state index < -0.39 is 0 Å². The predicted molar refractivity (Wildman–Crippen MR) is 90.6 cm³/mol. The van der Waals surface area contributed by atoms with Crippen LogP contribution in [0.1, 0.15) is 42.1 Å². The van der Waals surface area contributed by atoms with Crippen LogP contribution >= 0.6 is 0 Å². The van der Waals surface area contributed by atoms with Crippen molar-refractivity contribution in [2.45, 2.75) is 38.8 Å². The smallest absolute Gasteiger partial charge is 0.253 e. The van der Waals surface area contributed by atoms with E-state index in [4.69, 9.17) is 0 Å². The van der Waals surface area contributed by atoms with E-state index in [1.165, 1.54) is 11.6 Å². The van der Waals surface area contributed by atoms with Crippen LogP contribution in [-0.4, -0.2) is 16.5 Å². The summed E-state index contributed by atoms with van der Waals surface area (Å²) in [4.78, 5) is 24.2. The zero-order chi connectivity index (χ0) is 16.4. The molecule has 2 aromatic rings. The van der Waals surface area contributed by atoms with Crippen LogP contribution < -0.4 is 10.9 Å². The highest BCUT2D eigenvalue weighted by Crippen LogP contribution is 2.40. The third-order valence-electron chi connectivity index (χ3n) is 4.14. The van der Waals surface area contributed by atoms with Gasteiger partial charge >= 0.3 is 0 Å². The number of hydrogen-bond donors (Lipinski definition) is 1. The Kier molecular flexibility index (Phi) is 4.33. The molecule has 1 aliphatic carbocycles. The third kappa shape index (κ3) is 3.70. The van der Waals surface area contributed by atoms with Crippen molar-refractivity contribution in [3.63, 3.8) is 0 Å². The van der Waals surface area contributed by atoms with Gasteiger partial charge < -0.3 is 9.88 Å². The Labute approximate surface area is 136 Å². The largest absolute Gasteiger partial charge is 0.349 e. The normalized spacial score (nSPS) is 19.6. The number of nitrogens with zero attached hydrogens (tertiary/aromatic N) is 1. The second kappa shape index (κ2) is 6.41. The molecule has 2 atom stereocenters. The van der Waals surface area contributed by atoms with Gasteiger partial charge in [0.15, 0.2) is 0 Å². The molecule has 1 aromatic heterocycles. The van der Waals surface area contributed by atoms with Crippen LogP contribution in [0.3, 0.4) is 0 Å². The number of nitrogens with one attached hydrogen (secondary N) is 1. The van der Waals surface area contributed by atoms with Crippen molar-refractivity contribution < 1.29 is 4.79 Å². The Morgan fingerprint density at radius 3 is 2.65 bits per heavy atom. The summed E-state index contributed by atoms with van der Waals surface area (Å²) < 4.78 is 1.61. The Bertz CT molecular complexity index is 749. The molecule has 4 heteroatoms. The lowest BCUT2D eigenvalue weighted by molar-refractivity contribution is 0.0949. The average molecular weight is 310 g/mol. The van der Waals surface area contributed by atoms with Crippen LogP contribution in [-0.2, 0) is 6.54 Å². The lowest BCUT2D eigenvalue weighted by atomic mass is 10.1. The highest BCUT2D eigenvalue weighted by Gasteiger charge is 2.39. The summed E-state index contributed by atoms with van der Waals surface area (Å²) in [6.45, 7) is 4.72. The maximum absolute atomic E-state index is 12.4. The number of rotatable bonds is 5. The van der Waals surface area contributed by atoms with E-state index in [1.54, 1.807) is 16.8 Å². The van der Waals surface area contributed by atoms with Crippen molar-refractivity contribution >= 4 is 5.91 Å². The molecule has 23 heavy (non-hydrogen) atoms. The Balaban J connectivity index is 1.67. The van der Waals surface area contributed by atoms with Gasteiger partial charge in [-0.05, 0) is 24.0 Å². The van der Waals surface area contributed by atoms with Gasteiger partial charge in [-0.1, -0.05) is 44.2 Å². The summed E-state index contributed by atoms with van der Waals surface area (Å²) in [6.07, 6.45) is 2.64. The van der Waals surface area contributed by atoms with E-state index in [0.717, 1.165) is 6.42 Å². The quantitative estimate of drug-likeness (QED) is 0.923. The molecule has 0 aliphatic heterocycles. The van der Waals surface area contributed by atoms with E-state index in [9.17, 15) is 9.59 Å². The number of carbonyl (C=O) groups is 1. The molecule has 1 heterocycles. The van der Waals surface area contributed by atoms with Crippen molar-refractivity contribution in [3.05, 3.63) is 70.1 Å². The molecule has 3 rings (SSSR count).